The average molecular weight is 365 g/mol. The highest BCUT2D eigenvalue weighted by Gasteiger charge is 2.14. The molecule has 5 heteroatoms. The molecule has 142 valence electrons. The minimum Gasteiger partial charge on any atom is -0.618 e. The molecule has 0 unspecified atom stereocenters. The van der Waals surface area contributed by atoms with E-state index >= 15 is 0 Å². The van der Waals surface area contributed by atoms with E-state index in [2.05, 4.69) is 4.98 Å². The lowest BCUT2D eigenvalue weighted by Gasteiger charge is -2.03. The van der Waals surface area contributed by atoms with Gasteiger partial charge in [-0.25, -0.2) is 4.98 Å². The van der Waals surface area contributed by atoms with Crippen LogP contribution in [0.5, 0.6) is 0 Å². The van der Waals surface area contributed by atoms with Crippen molar-refractivity contribution in [2.75, 3.05) is 7.11 Å². The minimum absolute atomic E-state index is 0.679. The van der Waals surface area contributed by atoms with Gasteiger partial charge in [0.25, 0.3) is 0 Å². The third-order valence-electron chi connectivity index (χ3n) is 4.14. The first kappa shape index (κ1) is 20.4. The highest BCUT2D eigenvalue weighted by molar-refractivity contribution is 6.00. The molecule has 0 atom stereocenters. The van der Waals surface area contributed by atoms with E-state index in [0.717, 1.165) is 27.0 Å². The van der Waals surface area contributed by atoms with E-state index < -0.39 is 0 Å². The van der Waals surface area contributed by atoms with Gasteiger partial charge in [-0.15, -0.1) is 0 Å². The van der Waals surface area contributed by atoms with Gasteiger partial charge < -0.3 is 14.5 Å². The summed E-state index contributed by atoms with van der Waals surface area (Å²) in [5.41, 5.74) is 3.66. The van der Waals surface area contributed by atoms with Gasteiger partial charge in [0.05, 0.1) is 17.5 Å². The van der Waals surface area contributed by atoms with Crippen LogP contribution in [-0.4, -0.2) is 16.7 Å². The number of ether oxygens (including phenoxy) is 1. The van der Waals surface area contributed by atoms with Gasteiger partial charge in [-0.05, 0) is 18.6 Å². The maximum absolute atomic E-state index is 11.8. The van der Waals surface area contributed by atoms with Crippen LogP contribution in [0.15, 0.2) is 60.8 Å². The number of imidazole rings is 1. The van der Waals surface area contributed by atoms with Crippen molar-refractivity contribution in [3.63, 3.8) is 0 Å². The van der Waals surface area contributed by atoms with Crippen LogP contribution >= 0.6 is 0 Å². The number of aryl methyl sites for hydroxylation is 2. The summed E-state index contributed by atoms with van der Waals surface area (Å²) in [6.45, 7) is 6.64. The molecule has 2 heterocycles. The Balaban J connectivity index is 0.000000203. The number of methoxy groups -OCH3 is 1. The highest BCUT2D eigenvalue weighted by atomic mass is 16.5. The first-order valence-electron chi connectivity index (χ1n) is 9.08. The Bertz CT molecular complexity index is 995. The Morgan fingerprint density at radius 3 is 2.33 bits per heavy atom. The highest BCUT2D eigenvalue weighted by Crippen LogP contribution is 2.22. The molecule has 0 saturated heterocycles. The zero-order chi connectivity index (χ0) is 19.8. The van der Waals surface area contributed by atoms with Crippen molar-refractivity contribution >= 4 is 21.9 Å². The predicted octanol–water partition coefficient (Wildman–Crippen LogP) is 4.53. The number of nitrogens with zero attached hydrogens (tertiary/aromatic N) is 3. The molecule has 27 heavy (non-hydrogen) atoms. The summed E-state index contributed by atoms with van der Waals surface area (Å²) in [5.74, 6) is 0.909. The largest absolute Gasteiger partial charge is 0.618 e. The van der Waals surface area contributed by atoms with Crippen molar-refractivity contribution in [2.24, 2.45) is 7.05 Å². The molecule has 0 aliphatic carbocycles. The van der Waals surface area contributed by atoms with Gasteiger partial charge >= 0.3 is 0 Å². The molecular weight excluding hydrogens is 338 g/mol. The molecule has 0 saturated carbocycles. The number of pyridine rings is 1. The van der Waals surface area contributed by atoms with E-state index in [-0.39, 0.29) is 0 Å². The number of benzene rings is 2. The number of aromatic nitrogens is 3. The second kappa shape index (κ2) is 9.69. The molecule has 4 aromatic rings. The van der Waals surface area contributed by atoms with Gasteiger partial charge in [0.1, 0.15) is 5.82 Å². The third-order valence-corrected chi connectivity index (χ3v) is 4.14. The molecule has 5 nitrogen and oxygen atoms in total. The third kappa shape index (κ3) is 4.63. The molecule has 0 bridgehead atoms. The second-order valence-corrected chi connectivity index (χ2v) is 5.84. The molecule has 2 aromatic carbocycles. The van der Waals surface area contributed by atoms with Crippen LogP contribution in [0, 0.1) is 12.1 Å². The fourth-order valence-electron chi connectivity index (χ4n) is 2.83. The molecule has 4 rings (SSSR count). The van der Waals surface area contributed by atoms with Crippen LogP contribution in [0.25, 0.3) is 21.9 Å². The van der Waals surface area contributed by atoms with E-state index in [1.165, 1.54) is 11.8 Å². The lowest BCUT2D eigenvalue weighted by Crippen LogP contribution is -2.26. The lowest BCUT2D eigenvalue weighted by molar-refractivity contribution is -0.575. The minimum atomic E-state index is 0.679. The normalized spacial score (nSPS) is 10.1. The Labute approximate surface area is 160 Å². The first-order valence-corrected chi connectivity index (χ1v) is 9.08. The molecule has 0 radical (unpaired) electrons. The van der Waals surface area contributed by atoms with Crippen LogP contribution in [0.1, 0.15) is 25.2 Å². The van der Waals surface area contributed by atoms with Crippen molar-refractivity contribution in [1.29, 1.82) is 0 Å². The first-order chi connectivity index (χ1) is 13.1. The average Bonchev–Trinajstić information content (AvgIpc) is 2.99. The number of rotatable bonds is 2. The number of fused-ring (bicyclic) bond motifs is 3. The van der Waals surface area contributed by atoms with Crippen molar-refractivity contribution in [3.8, 4) is 0 Å². The SMILES string of the molecule is CC.COCc1ccccc1.Cc1nc2c[n+]([O-])c3ccccc3c2n1C. The molecule has 2 aromatic heterocycles. The van der Waals surface area contributed by atoms with Crippen molar-refractivity contribution in [2.45, 2.75) is 27.4 Å². The molecule has 0 fully saturated rings. The Kier molecular flexibility index (Phi) is 7.32. The van der Waals surface area contributed by atoms with Gasteiger partial charge in [0, 0.05) is 20.2 Å². The second-order valence-electron chi connectivity index (χ2n) is 5.84. The predicted molar refractivity (Wildman–Crippen MR) is 110 cm³/mol. The summed E-state index contributed by atoms with van der Waals surface area (Å²) in [6.07, 6.45) is 1.53. The Morgan fingerprint density at radius 2 is 1.67 bits per heavy atom. The van der Waals surface area contributed by atoms with Crippen molar-refractivity contribution in [3.05, 3.63) is 77.4 Å². The van der Waals surface area contributed by atoms with Gasteiger partial charge in [-0.1, -0.05) is 56.3 Å². The lowest BCUT2D eigenvalue weighted by atomic mass is 10.2. The topological polar surface area (TPSA) is 54.0 Å². The van der Waals surface area contributed by atoms with E-state index in [1.54, 1.807) is 7.11 Å². The molecule has 0 aliphatic heterocycles. The van der Waals surface area contributed by atoms with E-state index in [4.69, 9.17) is 4.74 Å². The molecule has 0 spiro atoms. The Morgan fingerprint density at radius 1 is 1.04 bits per heavy atom. The summed E-state index contributed by atoms with van der Waals surface area (Å²) in [7, 11) is 3.67. The maximum Gasteiger partial charge on any atom is 0.226 e. The van der Waals surface area contributed by atoms with Crippen molar-refractivity contribution in [1.82, 2.24) is 9.55 Å². The number of hydrogen-bond acceptors (Lipinski definition) is 3. The van der Waals surface area contributed by atoms with Gasteiger partial charge in [-0.2, -0.15) is 4.73 Å². The quantitative estimate of drug-likeness (QED) is 0.387. The molecule has 0 N–H and O–H groups in total. The summed E-state index contributed by atoms with van der Waals surface area (Å²) >= 11 is 0. The Hall–Kier alpha value is -2.92. The monoisotopic (exact) mass is 365 g/mol. The van der Waals surface area contributed by atoms with Crippen molar-refractivity contribution < 1.29 is 9.47 Å². The van der Waals surface area contributed by atoms with E-state index in [9.17, 15) is 5.21 Å². The van der Waals surface area contributed by atoms with Gasteiger partial charge in [-0.3, -0.25) is 0 Å². The summed E-state index contributed by atoms with van der Waals surface area (Å²) in [5, 5.41) is 12.7. The van der Waals surface area contributed by atoms with Gasteiger partial charge in [0.15, 0.2) is 5.52 Å². The smallest absolute Gasteiger partial charge is 0.226 e. The van der Waals surface area contributed by atoms with Crippen LogP contribution in [0.4, 0.5) is 0 Å². The summed E-state index contributed by atoms with van der Waals surface area (Å²) < 4.78 is 7.82. The number of para-hydroxylation sites is 1. The molecular formula is C22H27N3O2. The fraction of sp³-hybridized carbons (Fsp3) is 0.273. The maximum atomic E-state index is 11.8. The zero-order valence-corrected chi connectivity index (χ0v) is 16.6. The molecule has 0 amide bonds. The summed E-state index contributed by atoms with van der Waals surface area (Å²) in [4.78, 5) is 4.37. The van der Waals surface area contributed by atoms with Crippen LogP contribution in [0.3, 0.4) is 0 Å². The van der Waals surface area contributed by atoms with Crippen LogP contribution in [-0.2, 0) is 18.4 Å². The van der Waals surface area contributed by atoms with E-state index in [0.29, 0.717) is 12.1 Å². The summed E-state index contributed by atoms with van der Waals surface area (Å²) in [6, 6.07) is 17.7. The van der Waals surface area contributed by atoms with E-state index in [1.807, 2.05) is 87.0 Å². The van der Waals surface area contributed by atoms with Crippen LogP contribution in [0.2, 0.25) is 0 Å². The fourth-order valence-corrected chi connectivity index (χ4v) is 2.83. The van der Waals surface area contributed by atoms with Gasteiger partial charge in [0.2, 0.25) is 11.7 Å². The number of hydrogen-bond donors (Lipinski definition) is 0. The molecule has 0 aliphatic rings. The zero-order valence-electron chi connectivity index (χ0n) is 16.6. The standard InChI is InChI=1S/C12H11N3O.C8H10O.C2H6/c1-8-13-10-7-15(16)11-6-4-3-5-9(11)12(10)14(8)2;1-9-7-8-5-3-2-4-6-8;1-2/h3-7H,1-2H3;2-6H,7H2,1H3;1-2H3. The van der Waals surface area contributed by atoms with Crippen LogP contribution < -0.4 is 4.73 Å².